The van der Waals surface area contributed by atoms with E-state index in [-0.39, 0.29) is 17.4 Å². The number of nitrogens with one attached hydrogen (secondary N) is 2. The highest BCUT2D eigenvalue weighted by molar-refractivity contribution is 7.71. The average molecular weight is 571 g/mol. The summed E-state index contributed by atoms with van der Waals surface area (Å²) in [4.78, 5) is 26.0. The summed E-state index contributed by atoms with van der Waals surface area (Å²) in [5.74, 6) is -0.948. The first-order chi connectivity index (χ1) is 18.4. The molecule has 0 atom stereocenters. The Morgan fingerprint density at radius 1 is 1.15 bits per heavy atom. The van der Waals surface area contributed by atoms with E-state index in [1.807, 2.05) is 42.5 Å². The van der Waals surface area contributed by atoms with Crippen LogP contribution in [0.15, 0.2) is 48.5 Å². The minimum atomic E-state index is -1.90. The maximum atomic E-state index is 12.7. The van der Waals surface area contributed by atoms with Crippen LogP contribution in [0.2, 0.25) is 18.1 Å². The molecule has 0 radical (unpaired) electrons. The molecule has 3 N–H and O–H groups in total. The third kappa shape index (κ3) is 8.84. The number of benzene rings is 2. The molecule has 0 saturated carbocycles. The summed E-state index contributed by atoms with van der Waals surface area (Å²) in [6, 6.07) is 14.8. The van der Waals surface area contributed by atoms with E-state index in [4.69, 9.17) is 21.8 Å². The lowest BCUT2D eigenvalue weighted by molar-refractivity contribution is -0.136. The summed E-state index contributed by atoms with van der Waals surface area (Å²) >= 11 is 5.15. The van der Waals surface area contributed by atoms with E-state index in [0.29, 0.717) is 43.0 Å². The van der Waals surface area contributed by atoms with Gasteiger partial charge in [-0.05, 0) is 72.7 Å². The normalized spacial score (nSPS) is 11.8. The summed E-state index contributed by atoms with van der Waals surface area (Å²) < 4.78 is 8.25. The van der Waals surface area contributed by atoms with Gasteiger partial charge in [0.25, 0.3) is 0 Å². The molecule has 0 aliphatic heterocycles. The van der Waals surface area contributed by atoms with Crippen molar-refractivity contribution in [2.45, 2.75) is 58.2 Å². The molecule has 1 heterocycles. The van der Waals surface area contributed by atoms with Crippen molar-refractivity contribution in [1.82, 2.24) is 20.2 Å². The maximum Gasteiger partial charge on any atom is 0.307 e. The van der Waals surface area contributed by atoms with E-state index in [0.717, 1.165) is 16.9 Å². The van der Waals surface area contributed by atoms with E-state index in [1.165, 1.54) is 0 Å². The first-order valence-corrected chi connectivity index (χ1v) is 16.3. The minimum Gasteiger partial charge on any atom is -0.481 e. The number of rotatable bonds is 13. The van der Waals surface area contributed by atoms with Crippen LogP contribution in [0.5, 0.6) is 0 Å². The van der Waals surface area contributed by atoms with E-state index in [2.05, 4.69) is 59.6 Å². The second kappa shape index (κ2) is 13.1. The highest BCUT2D eigenvalue weighted by Gasteiger charge is 2.37. The smallest absolute Gasteiger partial charge is 0.307 e. The van der Waals surface area contributed by atoms with Crippen LogP contribution in [0.4, 0.5) is 11.4 Å². The molecule has 39 heavy (non-hydrogen) atoms. The van der Waals surface area contributed by atoms with Crippen molar-refractivity contribution >= 4 is 43.8 Å². The largest absolute Gasteiger partial charge is 0.481 e. The zero-order chi connectivity index (χ0) is 28.6. The molecule has 1 aromatic heterocycles. The van der Waals surface area contributed by atoms with Gasteiger partial charge in [-0.1, -0.05) is 49.3 Å². The third-order valence-corrected chi connectivity index (χ3v) is 11.8. The summed E-state index contributed by atoms with van der Waals surface area (Å²) in [5, 5.41) is 22.3. The lowest BCUT2D eigenvalue weighted by Gasteiger charge is -2.37. The van der Waals surface area contributed by atoms with Crippen LogP contribution in [-0.2, 0) is 20.4 Å². The van der Waals surface area contributed by atoms with Gasteiger partial charge < -0.3 is 19.7 Å². The molecule has 0 bridgehead atoms. The van der Waals surface area contributed by atoms with Crippen molar-refractivity contribution in [1.29, 1.82) is 0 Å². The molecule has 3 aromatic rings. The van der Waals surface area contributed by atoms with Crippen LogP contribution in [0.1, 0.15) is 39.2 Å². The number of carbonyl (C=O) groups is 2. The van der Waals surface area contributed by atoms with Crippen LogP contribution in [0.25, 0.3) is 5.69 Å². The van der Waals surface area contributed by atoms with Gasteiger partial charge in [0.05, 0.1) is 18.7 Å². The Morgan fingerprint density at radius 2 is 1.87 bits per heavy atom. The predicted octanol–water partition coefficient (Wildman–Crippen LogP) is 5.20. The molecule has 0 spiro atoms. The van der Waals surface area contributed by atoms with Crippen LogP contribution in [-0.4, -0.2) is 65.2 Å². The standard InChI is InChI=1S/C27H38N6O4SSi/c1-27(2,3)39(4,5)37-17-16-32(22-13-11-20(12-14-22)18-25(35)36)15-7-10-24(34)28-21-8-6-9-23(19-21)33-26(38)29-30-31-33/h6,8-9,11-14,19H,7,10,15-18H2,1-5H3,(H,28,34)(H,35,36)(H,29,31,38). The van der Waals surface area contributed by atoms with Crippen LogP contribution < -0.4 is 10.2 Å². The van der Waals surface area contributed by atoms with E-state index in [9.17, 15) is 9.59 Å². The summed E-state index contributed by atoms with van der Waals surface area (Å²) in [7, 11) is -1.90. The molecule has 3 rings (SSSR count). The topological polar surface area (TPSA) is 125 Å². The number of aromatic amines is 1. The lowest BCUT2D eigenvalue weighted by Crippen LogP contribution is -2.43. The van der Waals surface area contributed by atoms with Crippen molar-refractivity contribution in [3.05, 3.63) is 58.9 Å². The van der Waals surface area contributed by atoms with Crippen molar-refractivity contribution in [3.63, 3.8) is 0 Å². The fourth-order valence-corrected chi connectivity index (χ4v) is 4.96. The zero-order valence-electron chi connectivity index (χ0n) is 23.2. The quantitative estimate of drug-likeness (QED) is 0.189. The zero-order valence-corrected chi connectivity index (χ0v) is 25.0. The van der Waals surface area contributed by atoms with Crippen molar-refractivity contribution in [2.75, 3.05) is 29.9 Å². The average Bonchev–Trinajstić information content (AvgIpc) is 3.28. The number of anilines is 2. The van der Waals surface area contributed by atoms with Crippen LogP contribution in [0.3, 0.4) is 0 Å². The van der Waals surface area contributed by atoms with Gasteiger partial charge in [-0.3, -0.25) is 9.59 Å². The highest BCUT2D eigenvalue weighted by atomic mass is 32.1. The summed E-state index contributed by atoms with van der Waals surface area (Å²) in [6.45, 7) is 13.0. The summed E-state index contributed by atoms with van der Waals surface area (Å²) in [5.41, 5.74) is 3.10. The fraction of sp³-hybridized carbons (Fsp3) is 0.444. The van der Waals surface area contributed by atoms with E-state index >= 15 is 0 Å². The highest BCUT2D eigenvalue weighted by Crippen LogP contribution is 2.36. The number of nitrogens with zero attached hydrogens (tertiary/aromatic N) is 4. The lowest BCUT2D eigenvalue weighted by atomic mass is 10.1. The maximum absolute atomic E-state index is 12.7. The summed E-state index contributed by atoms with van der Waals surface area (Å²) in [6.07, 6.45) is 0.962. The van der Waals surface area contributed by atoms with Gasteiger partial charge >= 0.3 is 5.97 Å². The number of hydrogen-bond acceptors (Lipinski definition) is 7. The molecule has 2 aromatic carbocycles. The third-order valence-electron chi connectivity index (χ3n) is 6.98. The van der Waals surface area contributed by atoms with Gasteiger partial charge in [-0.2, -0.15) is 5.21 Å². The molecule has 0 unspecified atom stereocenters. The molecule has 0 aliphatic rings. The SMILES string of the molecule is CC(C)(C)[Si](C)(C)OCCN(CCCC(=O)Nc1cccc(-n2[nH]nnc2=S)c1)c1ccc(CC(=O)O)cc1. The Labute approximate surface area is 235 Å². The monoisotopic (exact) mass is 570 g/mol. The predicted molar refractivity (Wildman–Crippen MR) is 158 cm³/mol. The number of H-pyrrole nitrogens is 1. The Kier molecular flexibility index (Phi) is 10.2. The Morgan fingerprint density at radius 3 is 2.49 bits per heavy atom. The van der Waals surface area contributed by atoms with Crippen LogP contribution in [0, 0.1) is 4.77 Å². The van der Waals surface area contributed by atoms with Gasteiger partial charge in [0.15, 0.2) is 8.32 Å². The minimum absolute atomic E-state index is 0.0146. The number of carboxylic acid groups (broad SMARTS) is 1. The molecular formula is C27H38N6O4SSi. The van der Waals surface area contributed by atoms with Gasteiger partial charge in [-0.25, -0.2) is 4.68 Å². The van der Waals surface area contributed by atoms with Gasteiger partial charge in [-0.15, -0.1) is 0 Å². The Balaban J connectivity index is 1.61. The number of hydrogen-bond donors (Lipinski definition) is 3. The van der Waals surface area contributed by atoms with Crippen molar-refractivity contribution in [3.8, 4) is 5.69 Å². The van der Waals surface area contributed by atoms with Gasteiger partial charge in [0.2, 0.25) is 10.7 Å². The second-order valence-corrected chi connectivity index (χ2v) is 16.1. The number of carboxylic acids is 1. The molecule has 0 saturated heterocycles. The first-order valence-electron chi connectivity index (χ1n) is 13.0. The van der Waals surface area contributed by atoms with Gasteiger partial charge in [0, 0.05) is 30.9 Å². The van der Waals surface area contributed by atoms with Crippen molar-refractivity contribution < 1.29 is 19.1 Å². The van der Waals surface area contributed by atoms with E-state index in [1.54, 1.807) is 10.7 Å². The number of aliphatic carboxylic acids is 1. The molecule has 210 valence electrons. The fourth-order valence-electron chi connectivity index (χ4n) is 3.74. The first kappa shape index (κ1) is 30.2. The molecule has 10 nitrogen and oxygen atoms in total. The molecule has 0 fully saturated rings. The Hall–Kier alpha value is -3.35. The van der Waals surface area contributed by atoms with Crippen molar-refractivity contribution in [2.24, 2.45) is 0 Å². The molecule has 12 heteroatoms. The number of aromatic nitrogens is 4. The number of tetrazole rings is 1. The molecular weight excluding hydrogens is 532 g/mol. The molecule has 1 amide bonds. The Bertz CT molecular complexity index is 1320. The second-order valence-electron chi connectivity index (χ2n) is 11.0. The van der Waals surface area contributed by atoms with E-state index < -0.39 is 14.3 Å². The number of amides is 1. The van der Waals surface area contributed by atoms with Gasteiger partial charge in [0.1, 0.15) is 0 Å². The van der Waals surface area contributed by atoms with Crippen LogP contribution >= 0.6 is 12.2 Å². The number of carbonyl (C=O) groups excluding carboxylic acids is 1. The molecule has 0 aliphatic carbocycles.